The molecule has 0 aliphatic heterocycles. The van der Waals surface area contributed by atoms with Crippen LogP contribution in [0.3, 0.4) is 0 Å². The van der Waals surface area contributed by atoms with E-state index in [0.717, 1.165) is 24.8 Å². The molecule has 0 aromatic heterocycles. The lowest BCUT2D eigenvalue weighted by atomic mass is 10.0. The summed E-state index contributed by atoms with van der Waals surface area (Å²) in [4.78, 5) is 0. The fraction of sp³-hybridized carbons (Fsp3) is 1.00. The summed E-state index contributed by atoms with van der Waals surface area (Å²) in [6, 6.07) is 0. The van der Waals surface area contributed by atoms with Crippen LogP contribution in [-0.2, 0) is 0 Å². The number of rotatable bonds is 8. The highest BCUT2D eigenvalue weighted by Crippen LogP contribution is 2.04. The van der Waals surface area contributed by atoms with Crippen molar-refractivity contribution in [3.63, 3.8) is 0 Å². The summed E-state index contributed by atoms with van der Waals surface area (Å²) >= 11 is 5.57. The molecule has 0 aliphatic rings. The van der Waals surface area contributed by atoms with E-state index in [1.54, 1.807) is 0 Å². The van der Waals surface area contributed by atoms with Gasteiger partial charge in [0.25, 0.3) is 0 Å². The van der Waals surface area contributed by atoms with Crippen LogP contribution >= 0.6 is 11.6 Å². The third kappa shape index (κ3) is 6.93. The van der Waals surface area contributed by atoms with Gasteiger partial charge < -0.3 is 5.32 Å². The zero-order chi connectivity index (χ0) is 9.23. The molecule has 0 atom stereocenters. The van der Waals surface area contributed by atoms with E-state index >= 15 is 0 Å². The van der Waals surface area contributed by atoms with Gasteiger partial charge in [0.05, 0.1) is 0 Å². The van der Waals surface area contributed by atoms with Crippen LogP contribution < -0.4 is 5.32 Å². The number of hydrogen-bond acceptors (Lipinski definition) is 1. The van der Waals surface area contributed by atoms with Gasteiger partial charge in [0, 0.05) is 5.88 Å². The summed E-state index contributed by atoms with van der Waals surface area (Å²) in [7, 11) is 0. The molecule has 0 radical (unpaired) electrons. The molecule has 0 amide bonds. The van der Waals surface area contributed by atoms with E-state index in [-0.39, 0.29) is 0 Å². The van der Waals surface area contributed by atoms with Crippen molar-refractivity contribution in [2.45, 2.75) is 39.5 Å². The molecule has 1 nitrogen and oxygen atoms in total. The number of nitrogens with one attached hydrogen (secondary N) is 1. The molecular formula is C10H22ClN. The van der Waals surface area contributed by atoms with Crippen LogP contribution in [0.5, 0.6) is 0 Å². The standard InChI is InChI=1S/C10H22ClN/c1-3-10(4-2)9-12-8-6-5-7-11/h10,12H,3-9H2,1-2H3. The zero-order valence-electron chi connectivity index (χ0n) is 8.41. The maximum atomic E-state index is 5.57. The molecule has 0 rings (SSSR count). The van der Waals surface area contributed by atoms with Gasteiger partial charge in [0.2, 0.25) is 0 Å². The van der Waals surface area contributed by atoms with Gasteiger partial charge in [-0.2, -0.15) is 0 Å². The van der Waals surface area contributed by atoms with E-state index in [1.807, 2.05) is 0 Å². The molecule has 0 aliphatic carbocycles. The van der Waals surface area contributed by atoms with Crippen LogP contribution in [0.1, 0.15) is 39.5 Å². The smallest absolute Gasteiger partial charge is 0.0223 e. The van der Waals surface area contributed by atoms with Gasteiger partial charge in [-0.25, -0.2) is 0 Å². The quantitative estimate of drug-likeness (QED) is 0.460. The van der Waals surface area contributed by atoms with E-state index in [1.165, 1.54) is 25.8 Å². The third-order valence-corrected chi connectivity index (χ3v) is 2.59. The zero-order valence-corrected chi connectivity index (χ0v) is 9.16. The minimum atomic E-state index is 0.798. The first-order valence-electron chi connectivity index (χ1n) is 5.11. The third-order valence-electron chi connectivity index (χ3n) is 2.32. The Labute approximate surface area is 81.9 Å². The van der Waals surface area contributed by atoms with E-state index in [4.69, 9.17) is 11.6 Å². The maximum Gasteiger partial charge on any atom is 0.0223 e. The van der Waals surface area contributed by atoms with Gasteiger partial charge in [0.1, 0.15) is 0 Å². The largest absolute Gasteiger partial charge is 0.316 e. The Kier molecular flexibility index (Phi) is 9.53. The molecule has 0 spiro atoms. The molecule has 0 saturated heterocycles. The molecule has 0 heterocycles. The molecule has 2 heteroatoms. The first kappa shape index (κ1) is 12.2. The van der Waals surface area contributed by atoms with E-state index in [2.05, 4.69) is 19.2 Å². The Bertz CT molecular complexity index is 81.9. The minimum absolute atomic E-state index is 0.798. The molecule has 74 valence electrons. The predicted octanol–water partition coefficient (Wildman–Crippen LogP) is 3.03. The number of unbranched alkanes of at least 4 members (excludes halogenated alkanes) is 1. The average molecular weight is 192 g/mol. The number of hydrogen-bond donors (Lipinski definition) is 1. The maximum absolute atomic E-state index is 5.57. The summed E-state index contributed by atoms with van der Waals surface area (Å²) in [6.07, 6.45) is 4.93. The summed E-state index contributed by atoms with van der Waals surface area (Å²) in [6.45, 7) is 6.82. The molecule has 0 aromatic rings. The van der Waals surface area contributed by atoms with Crippen molar-refractivity contribution in [1.29, 1.82) is 0 Å². The Morgan fingerprint density at radius 2 is 1.83 bits per heavy atom. The number of alkyl halides is 1. The van der Waals surface area contributed by atoms with E-state index in [9.17, 15) is 0 Å². The van der Waals surface area contributed by atoms with Crippen molar-refractivity contribution >= 4 is 11.6 Å². The molecule has 0 bridgehead atoms. The van der Waals surface area contributed by atoms with Crippen molar-refractivity contribution in [2.75, 3.05) is 19.0 Å². The first-order chi connectivity index (χ1) is 5.85. The monoisotopic (exact) mass is 191 g/mol. The van der Waals surface area contributed by atoms with Gasteiger partial charge in [-0.05, 0) is 31.8 Å². The van der Waals surface area contributed by atoms with Crippen molar-refractivity contribution < 1.29 is 0 Å². The van der Waals surface area contributed by atoms with Crippen molar-refractivity contribution in [2.24, 2.45) is 5.92 Å². The Morgan fingerprint density at radius 3 is 2.33 bits per heavy atom. The van der Waals surface area contributed by atoms with Gasteiger partial charge in [-0.1, -0.05) is 26.7 Å². The summed E-state index contributed by atoms with van der Waals surface area (Å²) in [5.74, 6) is 1.66. The Balaban J connectivity index is 3.06. The van der Waals surface area contributed by atoms with Crippen LogP contribution in [0.4, 0.5) is 0 Å². The number of halogens is 1. The van der Waals surface area contributed by atoms with Crippen LogP contribution in [0.2, 0.25) is 0 Å². The second kappa shape index (κ2) is 9.34. The van der Waals surface area contributed by atoms with Crippen molar-refractivity contribution in [3.8, 4) is 0 Å². The van der Waals surface area contributed by atoms with Crippen LogP contribution in [0.25, 0.3) is 0 Å². The average Bonchev–Trinajstić information content (AvgIpc) is 2.11. The summed E-state index contributed by atoms with van der Waals surface area (Å²) < 4.78 is 0. The first-order valence-corrected chi connectivity index (χ1v) is 5.65. The fourth-order valence-electron chi connectivity index (χ4n) is 1.23. The van der Waals surface area contributed by atoms with E-state index < -0.39 is 0 Å². The summed E-state index contributed by atoms with van der Waals surface area (Å²) in [5.41, 5.74) is 0. The second-order valence-corrected chi connectivity index (χ2v) is 3.66. The molecular weight excluding hydrogens is 170 g/mol. The lowest BCUT2D eigenvalue weighted by Gasteiger charge is -2.12. The molecule has 0 aromatic carbocycles. The van der Waals surface area contributed by atoms with Crippen LogP contribution in [0, 0.1) is 5.92 Å². The molecule has 1 N–H and O–H groups in total. The molecule has 0 saturated carbocycles. The highest BCUT2D eigenvalue weighted by molar-refractivity contribution is 6.17. The van der Waals surface area contributed by atoms with Gasteiger partial charge >= 0.3 is 0 Å². The van der Waals surface area contributed by atoms with E-state index in [0.29, 0.717) is 0 Å². The summed E-state index contributed by atoms with van der Waals surface area (Å²) in [5, 5.41) is 3.46. The molecule has 12 heavy (non-hydrogen) atoms. The molecule has 0 unspecified atom stereocenters. The predicted molar refractivity (Wildman–Crippen MR) is 56.9 cm³/mol. The minimum Gasteiger partial charge on any atom is -0.316 e. The Hall–Kier alpha value is 0.250. The Morgan fingerprint density at radius 1 is 1.17 bits per heavy atom. The normalized spacial score (nSPS) is 11.0. The SMILES string of the molecule is CCC(CC)CNCCCCCl. The highest BCUT2D eigenvalue weighted by Gasteiger charge is 2.00. The van der Waals surface area contributed by atoms with Crippen LogP contribution in [0.15, 0.2) is 0 Å². The van der Waals surface area contributed by atoms with Gasteiger partial charge in [0.15, 0.2) is 0 Å². The fourth-order valence-corrected chi connectivity index (χ4v) is 1.42. The highest BCUT2D eigenvalue weighted by atomic mass is 35.5. The lowest BCUT2D eigenvalue weighted by molar-refractivity contribution is 0.447. The van der Waals surface area contributed by atoms with Gasteiger partial charge in [-0.15, -0.1) is 11.6 Å². The molecule has 0 fully saturated rings. The van der Waals surface area contributed by atoms with Crippen LogP contribution in [-0.4, -0.2) is 19.0 Å². The van der Waals surface area contributed by atoms with Gasteiger partial charge in [-0.3, -0.25) is 0 Å². The topological polar surface area (TPSA) is 12.0 Å². The second-order valence-electron chi connectivity index (χ2n) is 3.28. The lowest BCUT2D eigenvalue weighted by Crippen LogP contribution is -2.23. The van der Waals surface area contributed by atoms with Crippen molar-refractivity contribution in [1.82, 2.24) is 5.32 Å². The van der Waals surface area contributed by atoms with Crippen molar-refractivity contribution in [3.05, 3.63) is 0 Å².